The third-order valence-electron chi connectivity index (χ3n) is 4.02. The van der Waals surface area contributed by atoms with E-state index in [1.807, 2.05) is 54.2 Å². The average molecular weight is 354 g/mol. The lowest BCUT2D eigenvalue weighted by atomic mass is 10.2. The van der Waals surface area contributed by atoms with E-state index in [9.17, 15) is 4.39 Å². The van der Waals surface area contributed by atoms with Crippen molar-refractivity contribution in [3.05, 3.63) is 82.9 Å². The van der Waals surface area contributed by atoms with E-state index in [1.165, 1.54) is 12.1 Å². The molecule has 124 valence electrons. The number of fused-ring (bicyclic) bond motifs is 1. The summed E-state index contributed by atoms with van der Waals surface area (Å²) in [6.07, 6.45) is 3.87. The highest BCUT2D eigenvalue weighted by atomic mass is 35.5. The van der Waals surface area contributed by atoms with Crippen LogP contribution in [0.1, 0.15) is 11.1 Å². The van der Waals surface area contributed by atoms with E-state index in [1.54, 1.807) is 6.07 Å². The molecular formula is C20H15ClFN2O+. The maximum atomic E-state index is 13.2. The molecule has 5 heteroatoms. The largest absolute Gasteiger partial charge is 0.436 e. The number of halogens is 2. The van der Waals surface area contributed by atoms with E-state index >= 15 is 0 Å². The molecule has 0 unspecified atom stereocenters. The van der Waals surface area contributed by atoms with Crippen molar-refractivity contribution in [1.29, 1.82) is 0 Å². The lowest BCUT2D eigenvalue weighted by Gasteiger charge is -2.02. The topological polar surface area (TPSA) is 29.9 Å². The summed E-state index contributed by atoms with van der Waals surface area (Å²) in [5.74, 6) is 0.231. The molecule has 0 fully saturated rings. The van der Waals surface area contributed by atoms with Crippen LogP contribution < -0.4 is 4.57 Å². The van der Waals surface area contributed by atoms with Crippen LogP contribution in [0.5, 0.6) is 0 Å². The molecule has 0 amide bonds. The summed E-state index contributed by atoms with van der Waals surface area (Å²) >= 11 is 6.12. The van der Waals surface area contributed by atoms with Gasteiger partial charge < -0.3 is 4.42 Å². The summed E-state index contributed by atoms with van der Waals surface area (Å²) in [5.41, 5.74) is 4.46. The van der Waals surface area contributed by atoms with Crippen LogP contribution >= 0.6 is 11.6 Å². The van der Waals surface area contributed by atoms with Gasteiger partial charge in [0.15, 0.2) is 24.5 Å². The smallest absolute Gasteiger partial charge is 0.233 e. The van der Waals surface area contributed by atoms with Crippen LogP contribution in [0, 0.1) is 12.7 Å². The van der Waals surface area contributed by atoms with Crippen LogP contribution in [0.15, 0.2) is 65.3 Å². The van der Waals surface area contributed by atoms with Gasteiger partial charge in [-0.25, -0.2) is 9.37 Å². The van der Waals surface area contributed by atoms with Crippen LogP contribution in [-0.4, -0.2) is 4.98 Å². The van der Waals surface area contributed by atoms with Gasteiger partial charge in [-0.1, -0.05) is 17.7 Å². The van der Waals surface area contributed by atoms with E-state index in [0.717, 1.165) is 27.8 Å². The summed E-state index contributed by atoms with van der Waals surface area (Å²) in [5, 5.41) is 0.412. The molecule has 2 aromatic carbocycles. The van der Waals surface area contributed by atoms with Crippen molar-refractivity contribution in [3.8, 4) is 11.5 Å². The fourth-order valence-corrected chi connectivity index (χ4v) is 2.98. The zero-order chi connectivity index (χ0) is 17.4. The normalized spacial score (nSPS) is 11.2. The molecule has 0 aliphatic carbocycles. The number of benzene rings is 2. The van der Waals surface area contributed by atoms with Crippen molar-refractivity contribution in [2.75, 3.05) is 0 Å². The van der Waals surface area contributed by atoms with Crippen LogP contribution in [0.3, 0.4) is 0 Å². The van der Waals surface area contributed by atoms with Crippen LogP contribution in [-0.2, 0) is 6.54 Å². The molecule has 0 radical (unpaired) electrons. The molecule has 4 aromatic rings. The molecule has 0 aliphatic rings. The Morgan fingerprint density at radius 2 is 2.04 bits per heavy atom. The number of hydrogen-bond acceptors (Lipinski definition) is 2. The van der Waals surface area contributed by atoms with Crippen molar-refractivity contribution in [2.45, 2.75) is 13.5 Å². The number of rotatable bonds is 3. The molecule has 0 atom stereocenters. The fourth-order valence-electron chi connectivity index (χ4n) is 2.75. The molecule has 0 spiro atoms. The molecule has 2 heterocycles. The Balaban J connectivity index is 1.68. The molecule has 3 nitrogen and oxygen atoms in total. The minimum atomic E-state index is -0.339. The molecule has 2 aromatic heterocycles. The number of pyridine rings is 1. The van der Waals surface area contributed by atoms with Crippen LogP contribution in [0.25, 0.3) is 22.6 Å². The van der Waals surface area contributed by atoms with Crippen molar-refractivity contribution in [2.24, 2.45) is 0 Å². The Morgan fingerprint density at radius 3 is 2.88 bits per heavy atom. The van der Waals surface area contributed by atoms with Gasteiger partial charge in [0, 0.05) is 11.6 Å². The van der Waals surface area contributed by atoms with Crippen molar-refractivity contribution < 1.29 is 13.4 Å². The second kappa shape index (κ2) is 6.30. The lowest BCUT2D eigenvalue weighted by Crippen LogP contribution is -2.33. The van der Waals surface area contributed by atoms with Gasteiger partial charge in [0.25, 0.3) is 0 Å². The van der Waals surface area contributed by atoms with Crippen molar-refractivity contribution in [1.82, 2.24) is 4.98 Å². The third-order valence-corrected chi connectivity index (χ3v) is 4.37. The van der Waals surface area contributed by atoms with Gasteiger partial charge >= 0.3 is 0 Å². The minimum absolute atomic E-state index is 0.339. The van der Waals surface area contributed by atoms with Gasteiger partial charge in [-0.3, -0.25) is 0 Å². The zero-order valence-electron chi connectivity index (χ0n) is 13.5. The molecule has 0 aliphatic heterocycles. The van der Waals surface area contributed by atoms with Crippen molar-refractivity contribution in [3.63, 3.8) is 0 Å². The van der Waals surface area contributed by atoms with Gasteiger partial charge in [-0.05, 0) is 48.9 Å². The lowest BCUT2D eigenvalue weighted by molar-refractivity contribution is -0.687. The second-order valence-corrected chi connectivity index (χ2v) is 6.40. The maximum Gasteiger partial charge on any atom is 0.233 e. The maximum absolute atomic E-state index is 13.2. The Bertz CT molecular complexity index is 1070. The van der Waals surface area contributed by atoms with Gasteiger partial charge in [0.2, 0.25) is 5.89 Å². The Morgan fingerprint density at radius 1 is 1.16 bits per heavy atom. The molecule has 0 bridgehead atoms. The van der Waals surface area contributed by atoms with E-state index in [0.29, 0.717) is 17.5 Å². The molecular weight excluding hydrogens is 339 g/mol. The summed E-state index contributed by atoms with van der Waals surface area (Å²) in [6.45, 7) is 2.56. The quantitative estimate of drug-likeness (QED) is 0.489. The predicted octanol–water partition coefficient (Wildman–Crippen LogP) is 4.93. The number of aromatic nitrogens is 2. The standard InChI is InChI=1S/C20H15ClFN2O/c1-13-4-7-19-18(9-13)23-20(25-19)15-3-2-8-24(12-15)11-14-5-6-16(22)10-17(14)21/h2-10,12H,11H2,1H3/q+1. The zero-order valence-corrected chi connectivity index (χ0v) is 14.3. The Kier molecular flexibility index (Phi) is 3.98. The van der Waals surface area contributed by atoms with Gasteiger partial charge in [-0.2, -0.15) is 4.57 Å². The first-order valence-corrected chi connectivity index (χ1v) is 8.27. The number of oxazole rings is 1. The first-order valence-electron chi connectivity index (χ1n) is 7.89. The highest BCUT2D eigenvalue weighted by Gasteiger charge is 2.13. The van der Waals surface area contributed by atoms with E-state index in [-0.39, 0.29) is 5.82 Å². The SMILES string of the molecule is Cc1ccc2oc(-c3ccc[n+](Cc4ccc(F)cc4Cl)c3)nc2c1. The van der Waals surface area contributed by atoms with E-state index in [4.69, 9.17) is 16.0 Å². The summed E-state index contributed by atoms with van der Waals surface area (Å²) in [6, 6.07) is 14.2. The first-order chi connectivity index (χ1) is 12.1. The minimum Gasteiger partial charge on any atom is -0.436 e. The molecule has 4 rings (SSSR count). The van der Waals surface area contributed by atoms with Gasteiger partial charge in [0.1, 0.15) is 16.9 Å². The molecule has 0 N–H and O–H groups in total. The highest BCUT2D eigenvalue weighted by Crippen LogP contribution is 2.24. The fraction of sp³-hybridized carbons (Fsp3) is 0.100. The van der Waals surface area contributed by atoms with E-state index in [2.05, 4.69) is 4.98 Å². The average Bonchev–Trinajstić information content (AvgIpc) is 3.01. The predicted molar refractivity (Wildman–Crippen MR) is 94.9 cm³/mol. The Labute approximate surface area is 149 Å². The molecule has 0 saturated carbocycles. The third kappa shape index (κ3) is 3.26. The van der Waals surface area contributed by atoms with Crippen LogP contribution in [0.4, 0.5) is 4.39 Å². The van der Waals surface area contributed by atoms with Gasteiger partial charge in [-0.15, -0.1) is 0 Å². The molecule has 25 heavy (non-hydrogen) atoms. The number of hydrogen-bond donors (Lipinski definition) is 0. The first kappa shape index (κ1) is 15.8. The van der Waals surface area contributed by atoms with E-state index < -0.39 is 0 Å². The monoisotopic (exact) mass is 353 g/mol. The Hall–Kier alpha value is -2.72. The van der Waals surface area contributed by atoms with Crippen LogP contribution in [0.2, 0.25) is 5.02 Å². The highest BCUT2D eigenvalue weighted by molar-refractivity contribution is 6.31. The summed E-state index contributed by atoms with van der Waals surface area (Å²) < 4.78 is 21.0. The number of aryl methyl sites for hydroxylation is 1. The van der Waals surface area contributed by atoms with Crippen molar-refractivity contribution >= 4 is 22.7 Å². The number of nitrogens with zero attached hydrogens (tertiary/aromatic N) is 2. The molecule has 0 saturated heterocycles. The summed E-state index contributed by atoms with van der Waals surface area (Å²) in [7, 11) is 0. The summed E-state index contributed by atoms with van der Waals surface area (Å²) in [4.78, 5) is 4.57. The second-order valence-electron chi connectivity index (χ2n) is 5.99. The van der Waals surface area contributed by atoms with Gasteiger partial charge in [0.05, 0.1) is 5.02 Å².